The Kier molecular flexibility index (Phi) is 6.67. The Balaban J connectivity index is 2.82. The number of hydrogen-bond acceptors (Lipinski definition) is 4. The van der Waals surface area contributed by atoms with Crippen LogP contribution in [0.2, 0.25) is 0 Å². The highest BCUT2D eigenvalue weighted by molar-refractivity contribution is 5.48. The summed E-state index contributed by atoms with van der Waals surface area (Å²) in [5.41, 5.74) is 7.68. The predicted octanol–water partition coefficient (Wildman–Crippen LogP) is 2.52. The number of nitrogens with two attached hydrogens (primary N) is 1. The molecule has 1 rings (SSSR count). The third kappa shape index (κ3) is 4.73. The minimum absolute atomic E-state index is 0.511. The molecule has 2 N–H and O–H groups in total. The van der Waals surface area contributed by atoms with Gasteiger partial charge in [-0.05, 0) is 19.4 Å². The fourth-order valence-electron chi connectivity index (χ4n) is 2.03. The largest absolute Gasteiger partial charge is 0.496 e. The molecular weight excluding hydrogens is 240 g/mol. The van der Waals surface area contributed by atoms with Gasteiger partial charge < -0.3 is 15.2 Å². The first-order valence-electron chi connectivity index (χ1n) is 6.77. The van der Waals surface area contributed by atoms with Crippen molar-refractivity contribution in [3.63, 3.8) is 0 Å². The average Bonchev–Trinajstić information content (AvgIpc) is 2.43. The lowest BCUT2D eigenvalue weighted by Gasteiger charge is -2.28. The monoisotopic (exact) mass is 266 g/mol. The molecular formula is C15H26N2O2. The maximum atomic E-state index is 5.79. The minimum atomic E-state index is 0.511. The van der Waals surface area contributed by atoms with Gasteiger partial charge in [0.2, 0.25) is 0 Å². The van der Waals surface area contributed by atoms with E-state index in [0.29, 0.717) is 6.04 Å². The highest BCUT2D eigenvalue weighted by Crippen LogP contribution is 2.24. The van der Waals surface area contributed by atoms with Crippen molar-refractivity contribution < 1.29 is 9.47 Å². The van der Waals surface area contributed by atoms with Gasteiger partial charge in [0.05, 0.1) is 13.7 Å². The summed E-state index contributed by atoms with van der Waals surface area (Å²) in [5.74, 6) is 0.853. The highest BCUT2D eigenvalue weighted by atomic mass is 16.5. The Morgan fingerprint density at radius 1 is 1.32 bits per heavy atom. The number of nitrogens with zero attached hydrogens (tertiary/aromatic N) is 1. The van der Waals surface area contributed by atoms with Gasteiger partial charge in [-0.1, -0.05) is 13.0 Å². The van der Waals surface area contributed by atoms with E-state index in [1.165, 1.54) is 0 Å². The Hall–Kier alpha value is -1.26. The molecule has 0 amide bonds. The van der Waals surface area contributed by atoms with Crippen molar-refractivity contribution in [3.8, 4) is 5.75 Å². The molecule has 0 saturated carbocycles. The van der Waals surface area contributed by atoms with Crippen molar-refractivity contribution in [2.24, 2.45) is 0 Å². The van der Waals surface area contributed by atoms with Crippen LogP contribution in [0.4, 0.5) is 5.69 Å². The SMILES string of the molecule is CCC(C)N(CCOC)Cc1ccc(N)cc1OC. The highest BCUT2D eigenvalue weighted by Gasteiger charge is 2.14. The first-order chi connectivity index (χ1) is 9.12. The minimum Gasteiger partial charge on any atom is -0.496 e. The molecule has 1 aromatic carbocycles. The van der Waals surface area contributed by atoms with Crippen molar-refractivity contribution in [1.82, 2.24) is 4.90 Å². The number of methoxy groups -OCH3 is 2. The van der Waals surface area contributed by atoms with Crippen LogP contribution in [0.1, 0.15) is 25.8 Å². The van der Waals surface area contributed by atoms with E-state index in [1.54, 1.807) is 14.2 Å². The molecule has 19 heavy (non-hydrogen) atoms. The molecule has 0 aromatic heterocycles. The van der Waals surface area contributed by atoms with Crippen molar-refractivity contribution in [1.29, 1.82) is 0 Å². The third-order valence-corrected chi connectivity index (χ3v) is 3.48. The summed E-state index contributed by atoms with van der Waals surface area (Å²) in [5, 5.41) is 0. The van der Waals surface area contributed by atoms with Crippen LogP contribution in [0.15, 0.2) is 18.2 Å². The fourth-order valence-corrected chi connectivity index (χ4v) is 2.03. The molecule has 0 bridgehead atoms. The Bertz CT molecular complexity index is 382. The van der Waals surface area contributed by atoms with E-state index in [4.69, 9.17) is 15.2 Å². The van der Waals surface area contributed by atoms with Crippen LogP contribution in [0.5, 0.6) is 5.75 Å². The van der Waals surface area contributed by atoms with E-state index in [2.05, 4.69) is 18.7 Å². The number of anilines is 1. The molecule has 0 heterocycles. The molecule has 1 aromatic rings. The number of ether oxygens (including phenoxy) is 2. The molecule has 1 unspecified atom stereocenters. The molecule has 4 heteroatoms. The van der Waals surface area contributed by atoms with Gasteiger partial charge in [0.15, 0.2) is 0 Å². The summed E-state index contributed by atoms with van der Waals surface area (Å²) in [7, 11) is 3.42. The normalized spacial score (nSPS) is 12.7. The molecule has 0 spiro atoms. The van der Waals surface area contributed by atoms with Crippen LogP contribution in [-0.4, -0.2) is 38.3 Å². The molecule has 0 saturated heterocycles. The molecule has 0 fully saturated rings. The second-order valence-electron chi connectivity index (χ2n) is 4.79. The zero-order valence-corrected chi connectivity index (χ0v) is 12.5. The van der Waals surface area contributed by atoms with E-state index in [0.717, 1.165) is 43.1 Å². The van der Waals surface area contributed by atoms with Gasteiger partial charge in [-0.15, -0.1) is 0 Å². The van der Waals surface area contributed by atoms with E-state index < -0.39 is 0 Å². The second kappa shape index (κ2) is 8.02. The summed E-state index contributed by atoms with van der Waals surface area (Å²) >= 11 is 0. The van der Waals surface area contributed by atoms with E-state index in [9.17, 15) is 0 Å². The first-order valence-corrected chi connectivity index (χ1v) is 6.77. The summed E-state index contributed by atoms with van der Waals surface area (Å²) in [4.78, 5) is 2.40. The van der Waals surface area contributed by atoms with Crippen LogP contribution in [-0.2, 0) is 11.3 Å². The molecule has 0 radical (unpaired) electrons. The Labute approximate surface area is 116 Å². The van der Waals surface area contributed by atoms with Gasteiger partial charge >= 0.3 is 0 Å². The topological polar surface area (TPSA) is 47.7 Å². The lowest BCUT2D eigenvalue weighted by molar-refractivity contribution is 0.117. The zero-order valence-electron chi connectivity index (χ0n) is 12.5. The van der Waals surface area contributed by atoms with Gasteiger partial charge in [-0.3, -0.25) is 4.90 Å². The Morgan fingerprint density at radius 2 is 2.05 bits per heavy atom. The average molecular weight is 266 g/mol. The van der Waals surface area contributed by atoms with Crippen LogP contribution in [0.3, 0.4) is 0 Å². The Morgan fingerprint density at radius 3 is 2.63 bits per heavy atom. The fraction of sp³-hybridized carbons (Fsp3) is 0.600. The lowest BCUT2D eigenvalue weighted by Crippen LogP contribution is -2.35. The summed E-state index contributed by atoms with van der Waals surface area (Å²) < 4.78 is 10.6. The molecule has 1 atom stereocenters. The van der Waals surface area contributed by atoms with Crippen LogP contribution in [0, 0.1) is 0 Å². The quantitative estimate of drug-likeness (QED) is 0.735. The smallest absolute Gasteiger partial charge is 0.125 e. The first kappa shape index (κ1) is 15.8. The van der Waals surface area contributed by atoms with Crippen molar-refractivity contribution >= 4 is 5.69 Å². The molecule has 0 aliphatic carbocycles. The molecule has 0 aliphatic rings. The van der Waals surface area contributed by atoms with Gasteiger partial charge in [-0.25, -0.2) is 0 Å². The van der Waals surface area contributed by atoms with Crippen LogP contribution in [0.25, 0.3) is 0 Å². The second-order valence-corrected chi connectivity index (χ2v) is 4.79. The van der Waals surface area contributed by atoms with E-state index in [1.807, 2.05) is 18.2 Å². The van der Waals surface area contributed by atoms with Crippen LogP contribution < -0.4 is 10.5 Å². The van der Waals surface area contributed by atoms with Crippen molar-refractivity contribution in [2.45, 2.75) is 32.9 Å². The van der Waals surface area contributed by atoms with E-state index >= 15 is 0 Å². The summed E-state index contributed by atoms with van der Waals surface area (Å²) in [6, 6.07) is 6.34. The van der Waals surface area contributed by atoms with Gasteiger partial charge in [0, 0.05) is 43.6 Å². The van der Waals surface area contributed by atoms with E-state index in [-0.39, 0.29) is 0 Å². The third-order valence-electron chi connectivity index (χ3n) is 3.48. The number of benzene rings is 1. The summed E-state index contributed by atoms with van der Waals surface area (Å²) in [6.45, 7) is 6.94. The van der Waals surface area contributed by atoms with Crippen molar-refractivity contribution in [3.05, 3.63) is 23.8 Å². The zero-order chi connectivity index (χ0) is 14.3. The lowest BCUT2D eigenvalue weighted by atomic mass is 10.1. The molecule has 108 valence electrons. The molecule has 4 nitrogen and oxygen atoms in total. The van der Waals surface area contributed by atoms with Crippen LogP contribution >= 0.6 is 0 Å². The predicted molar refractivity (Wildman–Crippen MR) is 79.4 cm³/mol. The number of hydrogen-bond donors (Lipinski definition) is 1. The van der Waals surface area contributed by atoms with Gasteiger partial charge in [0.1, 0.15) is 5.75 Å². The standard InChI is InChI=1S/C15H26N2O2/c1-5-12(2)17(8-9-18-3)11-13-6-7-14(16)10-15(13)19-4/h6-7,10,12H,5,8-9,11,16H2,1-4H3. The molecule has 0 aliphatic heterocycles. The van der Waals surface area contributed by atoms with Crippen molar-refractivity contribution in [2.75, 3.05) is 33.1 Å². The maximum Gasteiger partial charge on any atom is 0.125 e. The van der Waals surface area contributed by atoms with Gasteiger partial charge in [0.25, 0.3) is 0 Å². The summed E-state index contributed by atoms with van der Waals surface area (Å²) in [6.07, 6.45) is 1.11. The number of nitrogen functional groups attached to an aromatic ring is 1. The maximum absolute atomic E-state index is 5.79. The number of rotatable bonds is 8. The van der Waals surface area contributed by atoms with Gasteiger partial charge in [-0.2, -0.15) is 0 Å².